The van der Waals surface area contributed by atoms with Gasteiger partial charge in [0.2, 0.25) is 11.8 Å². The van der Waals surface area contributed by atoms with Crippen molar-refractivity contribution in [3.63, 3.8) is 0 Å². The van der Waals surface area contributed by atoms with Crippen LogP contribution in [0.15, 0.2) is 0 Å². The maximum Gasteiger partial charge on any atom is 0.243 e. The number of amides is 2. The fourth-order valence-corrected chi connectivity index (χ4v) is 6.36. The van der Waals surface area contributed by atoms with Crippen LogP contribution in [0.25, 0.3) is 0 Å². The number of hydrogen-bond acceptors (Lipinski definition) is 3. The molecule has 1 aliphatic heterocycles. The van der Waals surface area contributed by atoms with Crippen molar-refractivity contribution in [2.75, 3.05) is 13.1 Å². The third kappa shape index (κ3) is 2.65. The summed E-state index contributed by atoms with van der Waals surface area (Å²) >= 11 is 0. The van der Waals surface area contributed by atoms with E-state index in [1.807, 2.05) is 11.8 Å². The Hall–Kier alpha value is -1.10. The van der Waals surface area contributed by atoms with E-state index in [9.17, 15) is 9.59 Å². The highest BCUT2D eigenvalue weighted by Crippen LogP contribution is 2.60. The standard InChI is InChI=1S/C19H31N3O2/c1-12(11-20)21-17(23)16-3-2-4-22(16)18(24)19-8-13-5-14(9-19)7-15(6-13)10-19/h12-16H,2-11,20H2,1H3,(H,21,23)/t12-,13?,14?,15?,16?,19?/m0/s1. The van der Waals surface area contributed by atoms with Crippen LogP contribution in [0.5, 0.6) is 0 Å². The maximum atomic E-state index is 13.5. The highest BCUT2D eigenvalue weighted by Gasteiger charge is 2.56. The second kappa shape index (κ2) is 6.01. The molecular weight excluding hydrogens is 302 g/mol. The normalized spacial score (nSPS) is 41.5. The number of carbonyl (C=O) groups is 2. The summed E-state index contributed by atoms with van der Waals surface area (Å²) in [6, 6.07) is -0.311. The quantitative estimate of drug-likeness (QED) is 0.821. The average Bonchev–Trinajstić information content (AvgIpc) is 3.02. The largest absolute Gasteiger partial charge is 0.351 e. The van der Waals surface area contributed by atoms with Crippen LogP contribution in [0, 0.1) is 23.2 Å². The van der Waals surface area contributed by atoms with E-state index < -0.39 is 0 Å². The van der Waals surface area contributed by atoms with Gasteiger partial charge in [0.05, 0.1) is 5.41 Å². The zero-order valence-electron chi connectivity index (χ0n) is 14.8. The molecule has 5 rings (SSSR count). The van der Waals surface area contributed by atoms with Gasteiger partial charge in [-0.3, -0.25) is 9.59 Å². The van der Waals surface area contributed by atoms with Crippen molar-refractivity contribution in [2.45, 2.75) is 70.4 Å². The molecule has 2 atom stereocenters. The zero-order valence-corrected chi connectivity index (χ0v) is 14.8. The summed E-state index contributed by atoms with van der Waals surface area (Å²) in [5.41, 5.74) is 5.48. The fraction of sp³-hybridized carbons (Fsp3) is 0.895. The number of nitrogens with one attached hydrogen (secondary N) is 1. The van der Waals surface area contributed by atoms with Crippen LogP contribution in [0.2, 0.25) is 0 Å². The van der Waals surface area contributed by atoms with Gasteiger partial charge < -0.3 is 16.0 Å². The highest BCUT2D eigenvalue weighted by atomic mass is 16.2. The lowest BCUT2D eigenvalue weighted by atomic mass is 9.49. The van der Waals surface area contributed by atoms with Crippen molar-refractivity contribution in [3.05, 3.63) is 0 Å². The Balaban J connectivity index is 1.50. The predicted octanol–water partition coefficient (Wildman–Crippen LogP) is 1.66. The molecule has 1 heterocycles. The number of hydrogen-bond donors (Lipinski definition) is 2. The first-order valence-electron chi connectivity index (χ1n) is 9.82. The van der Waals surface area contributed by atoms with E-state index in [0.717, 1.165) is 56.4 Å². The molecule has 4 bridgehead atoms. The van der Waals surface area contributed by atoms with E-state index in [0.29, 0.717) is 12.5 Å². The van der Waals surface area contributed by atoms with Crippen LogP contribution in [0.1, 0.15) is 58.3 Å². The van der Waals surface area contributed by atoms with E-state index in [4.69, 9.17) is 5.73 Å². The van der Waals surface area contributed by atoms with Crippen LogP contribution >= 0.6 is 0 Å². The smallest absolute Gasteiger partial charge is 0.243 e. The van der Waals surface area contributed by atoms with Gasteiger partial charge in [-0.1, -0.05) is 0 Å². The van der Waals surface area contributed by atoms with E-state index in [2.05, 4.69) is 5.32 Å². The van der Waals surface area contributed by atoms with E-state index in [-0.39, 0.29) is 23.4 Å². The molecule has 24 heavy (non-hydrogen) atoms. The van der Waals surface area contributed by atoms with E-state index in [1.54, 1.807) is 0 Å². The molecule has 5 aliphatic rings. The number of carbonyl (C=O) groups excluding carboxylic acids is 2. The molecule has 0 radical (unpaired) electrons. The van der Waals surface area contributed by atoms with Crippen molar-refractivity contribution in [3.8, 4) is 0 Å². The van der Waals surface area contributed by atoms with Crippen LogP contribution in [-0.2, 0) is 9.59 Å². The third-order valence-corrected chi connectivity index (χ3v) is 7.05. The summed E-state index contributed by atoms with van der Waals surface area (Å²) in [6.07, 6.45) is 8.96. The molecule has 5 heteroatoms. The molecule has 4 saturated carbocycles. The molecule has 1 unspecified atom stereocenters. The minimum absolute atomic E-state index is 0.0106. The van der Waals surface area contributed by atoms with E-state index in [1.165, 1.54) is 19.3 Å². The summed E-state index contributed by atoms with van der Waals surface area (Å²) in [7, 11) is 0. The van der Waals surface area contributed by atoms with Gasteiger partial charge in [0.1, 0.15) is 6.04 Å². The minimum Gasteiger partial charge on any atom is -0.351 e. The van der Waals surface area contributed by atoms with Crippen molar-refractivity contribution in [1.82, 2.24) is 10.2 Å². The first-order chi connectivity index (χ1) is 11.5. The number of nitrogens with zero attached hydrogens (tertiary/aromatic N) is 1. The van der Waals surface area contributed by atoms with Crippen LogP contribution in [0.4, 0.5) is 0 Å². The molecule has 0 aromatic rings. The monoisotopic (exact) mass is 333 g/mol. The zero-order chi connectivity index (χ0) is 16.9. The predicted molar refractivity (Wildman–Crippen MR) is 92.0 cm³/mol. The molecule has 2 amide bonds. The number of likely N-dealkylation sites (tertiary alicyclic amines) is 1. The Labute approximate surface area is 144 Å². The SMILES string of the molecule is C[C@@H](CN)NC(=O)C1CCCN1C(=O)C12CC3CC(CC(C3)C1)C2. The molecule has 5 fully saturated rings. The van der Waals surface area contributed by atoms with Gasteiger partial charge in [0, 0.05) is 19.1 Å². The van der Waals surface area contributed by atoms with Gasteiger partial charge in [-0.25, -0.2) is 0 Å². The summed E-state index contributed by atoms with van der Waals surface area (Å²) < 4.78 is 0. The number of nitrogens with two attached hydrogens (primary N) is 1. The van der Waals surface area contributed by atoms with Gasteiger partial charge >= 0.3 is 0 Å². The first-order valence-corrected chi connectivity index (χ1v) is 9.82. The molecule has 4 aliphatic carbocycles. The van der Waals surface area contributed by atoms with Crippen molar-refractivity contribution >= 4 is 11.8 Å². The van der Waals surface area contributed by atoms with Gasteiger partial charge in [-0.15, -0.1) is 0 Å². The Morgan fingerprint density at radius 3 is 2.29 bits per heavy atom. The summed E-state index contributed by atoms with van der Waals surface area (Å²) in [6.45, 7) is 3.09. The molecule has 5 nitrogen and oxygen atoms in total. The van der Waals surface area contributed by atoms with Crippen molar-refractivity contribution in [2.24, 2.45) is 28.9 Å². The Bertz CT molecular complexity index is 497. The molecule has 3 N–H and O–H groups in total. The topological polar surface area (TPSA) is 75.4 Å². The van der Waals surface area contributed by atoms with Crippen LogP contribution < -0.4 is 11.1 Å². The average molecular weight is 333 g/mol. The maximum absolute atomic E-state index is 13.5. The fourth-order valence-electron chi connectivity index (χ4n) is 6.36. The lowest BCUT2D eigenvalue weighted by Gasteiger charge is -2.56. The Kier molecular flexibility index (Phi) is 4.10. The molecule has 0 aromatic heterocycles. The highest BCUT2D eigenvalue weighted by molar-refractivity contribution is 5.91. The first kappa shape index (κ1) is 16.4. The Morgan fingerprint density at radius 2 is 1.75 bits per heavy atom. The molecule has 134 valence electrons. The van der Waals surface area contributed by atoms with Gasteiger partial charge in [-0.2, -0.15) is 0 Å². The Morgan fingerprint density at radius 1 is 1.17 bits per heavy atom. The lowest BCUT2D eigenvalue weighted by Crippen LogP contribution is -2.57. The molecule has 0 spiro atoms. The van der Waals surface area contributed by atoms with Crippen LogP contribution in [-0.4, -0.2) is 41.9 Å². The second-order valence-corrected chi connectivity index (χ2v) is 9.00. The van der Waals surface area contributed by atoms with Gasteiger partial charge in [-0.05, 0) is 76.0 Å². The molecular formula is C19H31N3O2. The summed E-state index contributed by atoms with van der Waals surface area (Å²) in [5, 5.41) is 2.97. The molecule has 1 saturated heterocycles. The number of rotatable bonds is 4. The van der Waals surface area contributed by atoms with E-state index >= 15 is 0 Å². The van der Waals surface area contributed by atoms with Crippen molar-refractivity contribution in [1.29, 1.82) is 0 Å². The van der Waals surface area contributed by atoms with Gasteiger partial charge in [0.15, 0.2) is 0 Å². The summed E-state index contributed by atoms with van der Waals surface area (Å²) in [5.74, 6) is 2.55. The van der Waals surface area contributed by atoms with Gasteiger partial charge in [0.25, 0.3) is 0 Å². The minimum atomic E-state index is -0.278. The second-order valence-electron chi connectivity index (χ2n) is 9.00. The van der Waals surface area contributed by atoms with Crippen LogP contribution in [0.3, 0.4) is 0 Å². The van der Waals surface area contributed by atoms with Crippen molar-refractivity contribution < 1.29 is 9.59 Å². The third-order valence-electron chi connectivity index (χ3n) is 7.05. The summed E-state index contributed by atoms with van der Waals surface area (Å²) in [4.78, 5) is 28.0. The molecule has 0 aromatic carbocycles. The lowest BCUT2D eigenvalue weighted by molar-refractivity contribution is -0.160.